The standard InChI is InChI=1S/C14H19F3N4O2/c1-18-10-3-4-11(23-2)20-12(10)19-9-5-7-21(8-6-9)13(22)14(15,16)17/h3-4,9,18H,5-8H2,1-2H3,(H,19,20). The number of nitrogens with one attached hydrogen (secondary N) is 2. The van der Waals surface area contributed by atoms with Gasteiger partial charge in [-0.3, -0.25) is 4.79 Å². The number of carbonyl (C=O) groups is 1. The molecule has 1 aliphatic heterocycles. The first kappa shape index (κ1) is 17.2. The highest BCUT2D eigenvalue weighted by molar-refractivity contribution is 5.82. The molecule has 0 spiro atoms. The zero-order valence-electron chi connectivity index (χ0n) is 12.9. The van der Waals surface area contributed by atoms with E-state index >= 15 is 0 Å². The summed E-state index contributed by atoms with van der Waals surface area (Å²) in [5, 5.41) is 6.19. The van der Waals surface area contributed by atoms with E-state index in [-0.39, 0.29) is 19.1 Å². The normalized spacial score (nSPS) is 16.1. The van der Waals surface area contributed by atoms with Gasteiger partial charge in [0.15, 0.2) is 5.82 Å². The van der Waals surface area contributed by atoms with Crippen LogP contribution in [0.4, 0.5) is 24.7 Å². The van der Waals surface area contributed by atoms with E-state index in [4.69, 9.17) is 4.74 Å². The van der Waals surface area contributed by atoms with Crippen LogP contribution in [0.15, 0.2) is 12.1 Å². The number of hydrogen-bond donors (Lipinski definition) is 2. The molecule has 0 aliphatic carbocycles. The van der Waals surface area contributed by atoms with E-state index in [1.54, 1.807) is 19.2 Å². The van der Waals surface area contributed by atoms with Crippen LogP contribution in [-0.2, 0) is 4.79 Å². The number of aromatic nitrogens is 1. The van der Waals surface area contributed by atoms with Crippen molar-refractivity contribution in [2.75, 3.05) is 37.9 Å². The second-order valence-electron chi connectivity index (χ2n) is 5.21. The highest BCUT2D eigenvalue weighted by atomic mass is 19.4. The van der Waals surface area contributed by atoms with Crippen molar-refractivity contribution in [1.82, 2.24) is 9.88 Å². The second kappa shape index (κ2) is 6.93. The van der Waals surface area contributed by atoms with Crippen LogP contribution in [0, 0.1) is 0 Å². The Kier molecular flexibility index (Phi) is 5.17. The van der Waals surface area contributed by atoms with Crippen LogP contribution < -0.4 is 15.4 Å². The fourth-order valence-corrected chi connectivity index (χ4v) is 2.47. The van der Waals surface area contributed by atoms with Crippen molar-refractivity contribution in [3.8, 4) is 5.88 Å². The second-order valence-corrected chi connectivity index (χ2v) is 5.21. The molecule has 1 aromatic heterocycles. The van der Waals surface area contributed by atoms with E-state index in [0.717, 1.165) is 10.6 Å². The highest BCUT2D eigenvalue weighted by Crippen LogP contribution is 2.26. The Morgan fingerprint density at radius 3 is 2.52 bits per heavy atom. The third-order valence-electron chi connectivity index (χ3n) is 3.71. The third-order valence-corrected chi connectivity index (χ3v) is 3.71. The van der Waals surface area contributed by atoms with Crippen molar-refractivity contribution >= 4 is 17.4 Å². The van der Waals surface area contributed by atoms with Crippen molar-refractivity contribution in [2.45, 2.75) is 25.1 Å². The molecule has 2 N–H and O–H groups in total. The Morgan fingerprint density at radius 1 is 1.35 bits per heavy atom. The van der Waals surface area contributed by atoms with E-state index in [0.29, 0.717) is 24.5 Å². The molecule has 2 rings (SSSR count). The van der Waals surface area contributed by atoms with Gasteiger partial charge in [-0.2, -0.15) is 18.2 Å². The molecule has 1 amide bonds. The largest absolute Gasteiger partial charge is 0.481 e. The van der Waals surface area contributed by atoms with Crippen LogP contribution in [0.25, 0.3) is 0 Å². The minimum absolute atomic E-state index is 0.0565. The van der Waals surface area contributed by atoms with Crippen LogP contribution in [0.1, 0.15) is 12.8 Å². The topological polar surface area (TPSA) is 66.5 Å². The number of alkyl halides is 3. The number of ether oxygens (including phenoxy) is 1. The minimum atomic E-state index is -4.81. The lowest BCUT2D eigenvalue weighted by Gasteiger charge is -2.33. The maximum Gasteiger partial charge on any atom is 0.471 e. The molecule has 0 aromatic carbocycles. The Labute approximate surface area is 132 Å². The summed E-state index contributed by atoms with van der Waals surface area (Å²) in [6.07, 6.45) is -3.97. The summed E-state index contributed by atoms with van der Waals surface area (Å²) in [5.74, 6) is -0.755. The number of piperidine rings is 1. The van der Waals surface area contributed by atoms with Crippen LogP contribution >= 0.6 is 0 Å². The number of methoxy groups -OCH3 is 1. The molecular weight excluding hydrogens is 313 g/mol. The lowest BCUT2D eigenvalue weighted by Crippen LogP contribution is -2.47. The molecule has 0 bridgehead atoms. The number of rotatable bonds is 4. The molecule has 1 fully saturated rings. The van der Waals surface area contributed by atoms with Gasteiger partial charge in [-0.1, -0.05) is 0 Å². The zero-order valence-corrected chi connectivity index (χ0v) is 12.9. The number of amides is 1. The molecule has 0 atom stereocenters. The van der Waals surface area contributed by atoms with Crippen LogP contribution in [0.3, 0.4) is 0 Å². The molecule has 0 radical (unpaired) electrons. The van der Waals surface area contributed by atoms with Gasteiger partial charge in [0, 0.05) is 32.2 Å². The molecule has 23 heavy (non-hydrogen) atoms. The molecule has 0 unspecified atom stereocenters. The molecular formula is C14H19F3N4O2. The monoisotopic (exact) mass is 332 g/mol. The summed E-state index contributed by atoms with van der Waals surface area (Å²) >= 11 is 0. The first-order valence-corrected chi connectivity index (χ1v) is 7.20. The van der Waals surface area contributed by atoms with Crippen molar-refractivity contribution in [1.29, 1.82) is 0 Å². The Balaban J connectivity index is 1.98. The molecule has 6 nitrogen and oxygen atoms in total. The van der Waals surface area contributed by atoms with E-state index < -0.39 is 12.1 Å². The SMILES string of the molecule is CNc1ccc(OC)nc1NC1CCN(C(=O)C(F)(F)F)CC1. The quantitative estimate of drug-likeness (QED) is 0.884. The van der Waals surface area contributed by atoms with Crippen LogP contribution in [0.2, 0.25) is 0 Å². The Hall–Kier alpha value is -2.19. The number of anilines is 2. The van der Waals surface area contributed by atoms with Gasteiger partial charge in [-0.05, 0) is 18.9 Å². The average Bonchev–Trinajstić information content (AvgIpc) is 2.54. The van der Waals surface area contributed by atoms with E-state index in [1.807, 2.05) is 0 Å². The van der Waals surface area contributed by atoms with Gasteiger partial charge < -0.3 is 20.3 Å². The van der Waals surface area contributed by atoms with Crippen molar-refractivity contribution in [3.05, 3.63) is 12.1 Å². The third kappa shape index (κ3) is 4.17. The van der Waals surface area contributed by atoms with E-state index in [9.17, 15) is 18.0 Å². The van der Waals surface area contributed by atoms with Gasteiger partial charge in [0.05, 0.1) is 12.8 Å². The van der Waals surface area contributed by atoms with Crippen LogP contribution in [-0.4, -0.2) is 55.3 Å². The number of halogens is 3. The summed E-state index contributed by atoms with van der Waals surface area (Å²) in [7, 11) is 3.26. The van der Waals surface area contributed by atoms with Gasteiger partial charge in [0.2, 0.25) is 5.88 Å². The van der Waals surface area contributed by atoms with Gasteiger partial charge >= 0.3 is 12.1 Å². The molecule has 2 heterocycles. The predicted molar refractivity (Wildman–Crippen MR) is 79.6 cm³/mol. The van der Waals surface area contributed by atoms with Gasteiger partial charge in [0.25, 0.3) is 0 Å². The summed E-state index contributed by atoms with van der Waals surface area (Å²) in [5.41, 5.74) is 0.764. The van der Waals surface area contributed by atoms with E-state index in [2.05, 4.69) is 15.6 Å². The lowest BCUT2D eigenvalue weighted by atomic mass is 10.0. The van der Waals surface area contributed by atoms with Gasteiger partial charge in [-0.25, -0.2) is 0 Å². The van der Waals surface area contributed by atoms with Crippen LogP contribution in [0.5, 0.6) is 5.88 Å². The minimum Gasteiger partial charge on any atom is -0.481 e. The lowest BCUT2D eigenvalue weighted by molar-refractivity contribution is -0.186. The van der Waals surface area contributed by atoms with Crippen molar-refractivity contribution < 1.29 is 22.7 Å². The van der Waals surface area contributed by atoms with E-state index in [1.165, 1.54) is 7.11 Å². The first-order chi connectivity index (χ1) is 10.8. The molecule has 9 heteroatoms. The molecule has 0 saturated carbocycles. The summed E-state index contributed by atoms with van der Waals surface area (Å²) in [6, 6.07) is 3.46. The fraction of sp³-hybridized carbons (Fsp3) is 0.571. The average molecular weight is 332 g/mol. The number of likely N-dealkylation sites (tertiary alicyclic amines) is 1. The highest BCUT2D eigenvalue weighted by Gasteiger charge is 2.43. The Bertz CT molecular complexity index is 557. The smallest absolute Gasteiger partial charge is 0.471 e. The molecule has 1 aliphatic rings. The molecule has 128 valence electrons. The zero-order chi connectivity index (χ0) is 17.0. The Morgan fingerprint density at radius 2 is 2.00 bits per heavy atom. The maximum atomic E-state index is 12.4. The van der Waals surface area contributed by atoms with Crippen molar-refractivity contribution in [2.24, 2.45) is 0 Å². The van der Waals surface area contributed by atoms with Crippen molar-refractivity contribution in [3.63, 3.8) is 0 Å². The predicted octanol–water partition coefficient (Wildman–Crippen LogP) is 2.10. The summed E-state index contributed by atoms with van der Waals surface area (Å²) in [4.78, 5) is 16.3. The molecule has 1 saturated heterocycles. The number of nitrogens with zero attached hydrogens (tertiary/aromatic N) is 2. The maximum absolute atomic E-state index is 12.4. The number of carbonyl (C=O) groups excluding carboxylic acids is 1. The fourth-order valence-electron chi connectivity index (χ4n) is 2.47. The number of hydrogen-bond acceptors (Lipinski definition) is 5. The number of pyridine rings is 1. The van der Waals surface area contributed by atoms with Gasteiger partial charge in [0.1, 0.15) is 0 Å². The summed E-state index contributed by atoms with van der Waals surface area (Å²) < 4.78 is 42.3. The first-order valence-electron chi connectivity index (χ1n) is 7.20. The summed E-state index contributed by atoms with van der Waals surface area (Å²) in [6.45, 7) is 0.129. The van der Waals surface area contributed by atoms with Gasteiger partial charge in [-0.15, -0.1) is 0 Å². The molecule has 1 aromatic rings.